The van der Waals surface area contributed by atoms with Crippen LogP contribution in [0.2, 0.25) is 0 Å². The standard InChI is InChI=1S/C50H56F3N11O8/c1-31-10-11-34(27-38(31)64-22-17-40(65)60-49(64)70)47(68)56-20-24-72-26-25-71-23-18-42(67)63(30-41(66)58-37-8-3-2-4-9-37)21-6-5-7-35-29-57-46(54)43-44(61-62-45(35)43)32-12-14-33(15-13-32)48(69)59-39-28-36(16-19-55-39)50(51,52)53/h5,7,10-16,19,27-29,37H,2-4,6,8-9,17-18,20-26,30H2,1H3,(H2,54,57)(H,56,68)(H,58,66)(H,61,62)(H,55,59,69)(H,60,65,70)/b7-5+. The summed E-state index contributed by atoms with van der Waals surface area (Å²) in [5.74, 6) is -1.89. The normalized spacial score (nSPS) is 14.4. The number of urea groups is 1. The maximum atomic E-state index is 13.5. The Hall–Kier alpha value is -7.72. The quantitative estimate of drug-likeness (QED) is 0.0452. The Morgan fingerprint density at radius 2 is 1.68 bits per heavy atom. The van der Waals surface area contributed by atoms with Gasteiger partial charge in [-0.25, -0.2) is 14.8 Å². The smallest absolute Gasteiger partial charge is 0.383 e. The number of H-pyrrole nitrogens is 1. The summed E-state index contributed by atoms with van der Waals surface area (Å²) in [6, 6.07) is 12.4. The molecule has 0 spiro atoms. The number of anilines is 3. The molecule has 0 atom stereocenters. The molecule has 4 heterocycles. The predicted octanol–water partition coefficient (Wildman–Crippen LogP) is 6.16. The number of fused-ring (bicyclic) bond motifs is 1. The fourth-order valence-electron chi connectivity index (χ4n) is 8.29. The SMILES string of the molecule is Cc1ccc(C(=O)NCCOCCOCCC(=O)N(CC/C=C/c2cnc(N)c3c(-c4ccc(C(=O)Nc5cc(C(F)(F)F)ccn5)cc4)[nH]nc23)CC(=O)NC2CCCCC2)cc1N1CCC(=O)NC1=O. The van der Waals surface area contributed by atoms with E-state index in [2.05, 4.69) is 41.4 Å². The molecule has 2 fully saturated rings. The number of imide groups is 1. The summed E-state index contributed by atoms with van der Waals surface area (Å²) in [6.45, 7) is 3.07. The van der Waals surface area contributed by atoms with Gasteiger partial charge in [-0.05, 0) is 68.1 Å². The maximum Gasteiger partial charge on any atom is 0.416 e. The minimum atomic E-state index is -4.59. The number of pyridine rings is 2. The van der Waals surface area contributed by atoms with E-state index in [-0.39, 0.29) is 112 Å². The van der Waals surface area contributed by atoms with Crippen LogP contribution in [0.25, 0.3) is 28.2 Å². The number of rotatable bonds is 21. The van der Waals surface area contributed by atoms with Gasteiger partial charge in [0.15, 0.2) is 0 Å². The van der Waals surface area contributed by atoms with E-state index in [4.69, 9.17) is 15.2 Å². The Morgan fingerprint density at radius 3 is 2.43 bits per heavy atom. The van der Waals surface area contributed by atoms with Gasteiger partial charge in [0.1, 0.15) is 17.2 Å². The van der Waals surface area contributed by atoms with Crippen LogP contribution in [0.3, 0.4) is 0 Å². The molecule has 0 bridgehead atoms. The zero-order chi connectivity index (χ0) is 51.2. The van der Waals surface area contributed by atoms with Crippen LogP contribution in [-0.4, -0.2) is 119 Å². The van der Waals surface area contributed by atoms with E-state index >= 15 is 0 Å². The first-order valence-electron chi connectivity index (χ1n) is 23.6. The molecule has 72 heavy (non-hydrogen) atoms. The lowest BCUT2D eigenvalue weighted by molar-refractivity contribution is -0.137. The molecule has 5 aromatic rings. The number of hydrogen-bond acceptors (Lipinski definition) is 12. The molecule has 1 saturated carbocycles. The van der Waals surface area contributed by atoms with Crippen molar-refractivity contribution in [3.8, 4) is 11.3 Å². The number of carbonyl (C=O) groups excluding carboxylic acids is 6. The third-order valence-corrected chi connectivity index (χ3v) is 12.1. The van der Waals surface area contributed by atoms with Gasteiger partial charge >= 0.3 is 12.2 Å². The lowest BCUT2D eigenvalue weighted by Gasteiger charge is -2.28. The zero-order valence-electron chi connectivity index (χ0n) is 39.6. The van der Waals surface area contributed by atoms with Gasteiger partial charge in [0.25, 0.3) is 11.8 Å². The Morgan fingerprint density at radius 1 is 0.931 bits per heavy atom. The second-order valence-electron chi connectivity index (χ2n) is 17.3. The zero-order valence-corrected chi connectivity index (χ0v) is 39.6. The molecule has 2 aromatic carbocycles. The van der Waals surface area contributed by atoms with Crippen LogP contribution >= 0.6 is 0 Å². The summed E-state index contributed by atoms with van der Waals surface area (Å²) in [4.78, 5) is 87.5. The molecule has 1 aliphatic heterocycles. The lowest BCUT2D eigenvalue weighted by atomic mass is 9.95. The third kappa shape index (κ3) is 14.0. The molecule has 7 amide bonds. The third-order valence-electron chi connectivity index (χ3n) is 12.1. The molecule has 3 aromatic heterocycles. The summed E-state index contributed by atoms with van der Waals surface area (Å²) >= 11 is 0. The number of ether oxygens (including phenoxy) is 2. The van der Waals surface area contributed by atoms with Crippen LogP contribution in [0, 0.1) is 6.92 Å². The van der Waals surface area contributed by atoms with Crippen LogP contribution in [0.1, 0.15) is 88.8 Å². The molecule has 22 heteroatoms. The van der Waals surface area contributed by atoms with E-state index in [1.807, 2.05) is 13.0 Å². The van der Waals surface area contributed by atoms with Gasteiger partial charge in [0.05, 0.1) is 56.0 Å². The Kier molecular flexibility index (Phi) is 17.7. The molecule has 2 aliphatic rings. The molecule has 1 aliphatic carbocycles. The molecular formula is C50H56F3N11O8. The number of nitrogens with one attached hydrogen (secondary N) is 5. The summed E-state index contributed by atoms with van der Waals surface area (Å²) < 4.78 is 50.8. The number of nitrogen functional groups attached to an aromatic ring is 1. The van der Waals surface area contributed by atoms with E-state index in [0.29, 0.717) is 45.4 Å². The van der Waals surface area contributed by atoms with Crippen LogP contribution in [0.5, 0.6) is 0 Å². The second-order valence-corrected chi connectivity index (χ2v) is 17.3. The van der Waals surface area contributed by atoms with Crippen molar-refractivity contribution < 1.29 is 51.4 Å². The fourth-order valence-corrected chi connectivity index (χ4v) is 8.29. The van der Waals surface area contributed by atoms with Crippen LogP contribution in [0.4, 0.5) is 35.3 Å². The monoisotopic (exact) mass is 995 g/mol. The Labute approximate surface area is 412 Å². The van der Waals surface area contributed by atoms with Crippen LogP contribution < -0.4 is 31.9 Å². The van der Waals surface area contributed by atoms with E-state index in [1.165, 1.54) is 21.9 Å². The van der Waals surface area contributed by atoms with Crippen molar-refractivity contribution in [3.63, 3.8) is 0 Å². The molecule has 19 nitrogen and oxygen atoms in total. The first-order chi connectivity index (χ1) is 34.6. The highest BCUT2D eigenvalue weighted by molar-refractivity contribution is 6.07. The van der Waals surface area contributed by atoms with E-state index in [9.17, 15) is 41.9 Å². The summed E-state index contributed by atoms with van der Waals surface area (Å²) in [5.41, 5.74) is 9.52. The highest BCUT2D eigenvalue weighted by Gasteiger charge is 2.31. The topological polar surface area (TPSA) is 256 Å². The number of halogens is 3. The first-order valence-corrected chi connectivity index (χ1v) is 23.6. The molecule has 0 unspecified atom stereocenters. The van der Waals surface area contributed by atoms with Crippen molar-refractivity contribution in [2.24, 2.45) is 0 Å². The Bertz CT molecular complexity index is 2800. The number of nitrogens with two attached hydrogens (primary N) is 1. The van der Waals surface area contributed by atoms with Gasteiger partial charge in [-0.3, -0.25) is 39.3 Å². The van der Waals surface area contributed by atoms with Crippen molar-refractivity contribution >= 4 is 69.9 Å². The first kappa shape index (κ1) is 52.1. The van der Waals surface area contributed by atoms with Gasteiger partial charge in [0.2, 0.25) is 17.7 Å². The second kappa shape index (κ2) is 24.4. The molecule has 0 radical (unpaired) electrons. The minimum Gasteiger partial charge on any atom is -0.383 e. The van der Waals surface area contributed by atoms with E-state index in [0.717, 1.165) is 56.0 Å². The van der Waals surface area contributed by atoms with Gasteiger partial charge < -0.3 is 36.1 Å². The van der Waals surface area contributed by atoms with Crippen molar-refractivity contribution in [1.29, 1.82) is 0 Å². The minimum absolute atomic E-state index is 0.0294. The number of carbonyl (C=O) groups is 6. The van der Waals surface area contributed by atoms with Gasteiger partial charge in [-0.15, -0.1) is 0 Å². The van der Waals surface area contributed by atoms with Crippen molar-refractivity contribution in [2.45, 2.75) is 70.5 Å². The van der Waals surface area contributed by atoms with Crippen molar-refractivity contribution in [1.82, 2.24) is 41.0 Å². The predicted molar refractivity (Wildman–Crippen MR) is 261 cm³/mol. The Balaban J connectivity index is 0.881. The fraction of sp³-hybridized carbons (Fsp3) is 0.380. The number of amides is 7. The van der Waals surface area contributed by atoms with Crippen LogP contribution in [0.15, 0.2) is 73.1 Å². The molecular weight excluding hydrogens is 940 g/mol. The maximum absolute atomic E-state index is 13.5. The van der Waals surface area contributed by atoms with E-state index in [1.54, 1.807) is 42.6 Å². The number of aromatic amines is 1. The summed E-state index contributed by atoms with van der Waals surface area (Å²) in [7, 11) is 0. The summed E-state index contributed by atoms with van der Waals surface area (Å²) in [6.07, 6.45) is 7.18. The number of nitrogens with zero attached hydrogens (tertiary/aromatic N) is 5. The number of alkyl halides is 3. The highest BCUT2D eigenvalue weighted by atomic mass is 19.4. The average Bonchev–Trinajstić information content (AvgIpc) is 3.82. The van der Waals surface area contributed by atoms with Gasteiger partial charge in [-0.1, -0.05) is 49.6 Å². The molecule has 7 rings (SSSR count). The van der Waals surface area contributed by atoms with Gasteiger partial charge in [0, 0.05) is 72.4 Å². The van der Waals surface area contributed by atoms with Gasteiger partial charge in [-0.2, -0.15) is 18.3 Å². The lowest BCUT2D eigenvalue weighted by Crippen LogP contribution is -2.49. The number of hydrogen-bond donors (Lipinski definition) is 6. The number of aromatic nitrogens is 4. The molecule has 7 N–H and O–H groups in total. The van der Waals surface area contributed by atoms with Crippen LogP contribution in [-0.2, 0) is 30.0 Å². The molecule has 1 saturated heterocycles. The summed E-state index contributed by atoms with van der Waals surface area (Å²) in [5, 5.41) is 18.6. The number of benzene rings is 2. The largest absolute Gasteiger partial charge is 0.416 e. The van der Waals surface area contributed by atoms with E-state index < -0.39 is 23.7 Å². The number of aryl methyl sites for hydroxylation is 1. The average molecular weight is 996 g/mol. The van der Waals surface area contributed by atoms with Crippen molar-refractivity contribution in [2.75, 3.05) is 68.6 Å². The molecule has 380 valence electrons. The highest BCUT2D eigenvalue weighted by Crippen LogP contribution is 2.33. The van der Waals surface area contributed by atoms with Crippen molar-refractivity contribution in [3.05, 3.63) is 101 Å².